The van der Waals surface area contributed by atoms with Crippen molar-refractivity contribution in [3.63, 3.8) is 0 Å². The van der Waals surface area contributed by atoms with Gasteiger partial charge in [0.15, 0.2) is 5.78 Å². The van der Waals surface area contributed by atoms with Crippen molar-refractivity contribution >= 4 is 5.78 Å². The normalized spacial score (nSPS) is 10.8. The summed E-state index contributed by atoms with van der Waals surface area (Å²) in [6, 6.07) is 15.9. The average molecular weight is 382 g/mol. The van der Waals surface area contributed by atoms with E-state index in [-0.39, 0.29) is 5.78 Å². The molecule has 0 saturated carbocycles. The SMILES string of the molecule is CC(=O)c1ccc(-c2ccc(OCCCCCCCCCCCN)cc2)cc1. The number of ether oxygens (including phenoxy) is 1. The highest BCUT2D eigenvalue weighted by Gasteiger charge is 2.02. The van der Waals surface area contributed by atoms with Crippen LogP contribution >= 0.6 is 0 Å². The minimum atomic E-state index is 0.0952. The molecule has 0 saturated heterocycles. The van der Waals surface area contributed by atoms with Crippen LogP contribution in [0.25, 0.3) is 11.1 Å². The molecule has 3 nitrogen and oxygen atoms in total. The number of rotatable bonds is 14. The van der Waals surface area contributed by atoms with Gasteiger partial charge in [-0.2, -0.15) is 0 Å². The standard InChI is InChI=1S/C25H35NO2/c1-21(27)22-11-13-23(14-12-22)24-15-17-25(18-16-24)28-20-10-8-6-4-2-3-5-7-9-19-26/h11-18H,2-10,19-20,26H2,1H3. The van der Waals surface area contributed by atoms with E-state index in [1.807, 2.05) is 36.4 Å². The van der Waals surface area contributed by atoms with Crippen molar-refractivity contribution in [2.24, 2.45) is 5.73 Å². The second kappa shape index (κ2) is 13.1. The molecule has 2 N–H and O–H groups in total. The third-order valence-electron chi connectivity index (χ3n) is 5.10. The van der Waals surface area contributed by atoms with E-state index in [4.69, 9.17) is 10.5 Å². The van der Waals surface area contributed by atoms with Gasteiger partial charge >= 0.3 is 0 Å². The minimum absolute atomic E-state index is 0.0952. The van der Waals surface area contributed by atoms with Gasteiger partial charge in [0.25, 0.3) is 0 Å². The van der Waals surface area contributed by atoms with E-state index in [0.29, 0.717) is 0 Å². The van der Waals surface area contributed by atoms with Crippen molar-refractivity contribution in [3.8, 4) is 16.9 Å². The zero-order valence-corrected chi connectivity index (χ0v) is 17.3. The van der Waals surface area contributed by atoms with Gasteiger partial charge in [-0.15, -0.1) is 0 Å². The predicted octanol–water partition coefficient (Wildman–Crippen LogP) is 6.40. The molecule has 0 aliphatic rings. The molecule has 0 spiro atoms. The first-order valence-corrected chi connectivity index (χ1v) is 10.7. The van der Waals surface area contributed by atoms with Crippen molar-refractivity contribution in [2.45, 2.75) is 64.7 Å². The molecular weight excluding hydrogens is 346 g/mol. The Morgan fingerprint density at radius 3 is 1.68 bits per heavy atom. The topological polar surface area (TPSA) is 52.3 Å². The summed E-state index contributed by atoms with van der Waals surface area (Å²) in [5.74, 6) is 1.02. The third kappa shape index (κ3) is 8.26. The van der Waals surface area contributed by atoms with Crippen molar-refractivity contribution in [2.75, 3.05) is 13.2 Å². The highest BCUT2D eigenvalue weighted by atomic mass is 16.5. The lowest BCUT2D eigenvalue weighted by Gasteiger charge is -2.08. The number of unbranched alkanes of at least 4 members (excludes halogenated alkanes) is 8. The summed E-state index contributed by atoms with van der Waals surface area (Å²) in [6.45, 7) is 3.20. The number of nitrogens with two attached hydrogens (primary N) is 1. The molecule has 28 heavy (non-hydrogen) atoms. The van der Waals surface area contributed by atoms with Gasteiger partial charge in [-0.3, -0.25) is 4.79 Å². The highest BCUT2D eigenvalue weighted by Crippen LogP contribution is 2.23. The number of benzene rings is 2. The quantitative estimate of drug-likeness (QED) is 0.304. The van der Waals surface area contributed by atoms with Gasteiger partial charge in [-0.25, -0.2) is 0 Å². The Labute approximate surface area is 170 Å². The Balaban J connectivity index is 1.59. The zero-order chi connectivity index (χ0) is 20.0. The molecule has 0 heterocycles. The Hall–Kier alpha value is -2.13. The van der Waals surface area contributed by atoms with Gasteiger partial charge < -0.3 is 10.5 Å². The Morgan fingerprint density at radius 1 is 0.714 bits per heavy atom. The first-order chi connectivity index (χ1) is 13.7. The van der Waals surface area contributed by atoms with Gasteiger partial charge in [-0.1, -0.05) is 81.3 Å². The summed E-state index contributed by atoms with van der Waals surface area (Å²) in [5.41, 5.74) is 8.49. The smallest absolute Gasteiger partial charge is 0.159 e. The van der Waals surface area contributed by atoms with Crippen molar-refractivity contribution in [1.29, 1.82) is 0 Å². The molecular formula is C25H35NO2. The lowest BCUT2D eigenvalue weighted by atomic mass is 10.0. The Morgan fingerprint density at radius 2 is 1.18 bits per heavy atom. The maximum atomic E-state index is 11.4. The van der Waals surface area contributed by atoms with Crippen molar-refractivity contribution in [3.05, 3.63) is 54.1 Å². The molecule has 0 unspecified atom stereocenters. The minimum Gasteiger partial charge on any atom is -0.494 e. The number of ketones is 1. The van der Waals surface area contributed by atoms with Crippen LogP contribution in [0.2, 0.25) is 0 Å². The van der Waals surface area contributed by atoms with Crippen LogP contribution in [-0.4, -0.2) is 18.9 Å². The van der Waals surface area contributed by atoms with Crippen LogP contribution in [-0.2, 0) is 0 Å². The van der Waals surface area contributed by atoms with Crippen LogP contribution in [0, 0.1) is 0 Å². The Kier molecular flexibility index (Phi) is 10.4. The maximum Gasteiger partial charge on any atom is 0.159 e. The molecule has 0 bridgehead atoms. The molecule has 2 aromatic rings. The molecule has 152 valence electrons. The number of carbonyl (C=O) groups is 1. The second-order valence-corrected chi connectivity index (χ2v) is 7.48. The van der Waals surface area contributed by atoms with E-state index in [1.54, 1.807) is 6.92 Å². The summed E-state index contributed by atoms with van der Waals surface area (Å²) >= 11 is 0. The largest absolute Gasteiger partial charge is 0.494 e. The summed E-state index contributed by atoms with van der Waals surface area (Å²) in [5, 5.41) is 0. The molecule has 0 aromatic heterocycles. The predicted molar refractivity (Wildman–Crippen MR) is 118 cm³/mol. The molecule has 0 fully saturated rings. The van der Waals surface area contributed by atoms with Gasteiger partial charge in [0.05, 0.1) is 6.61 Å². The van der Waals surface area contributed by atoms with Crippen LogP contribution in [0.1, 0.15) is 75.1 Å². The van der Waals surface area contributed by atoms with Crippen LogP contribution < -0.4 is 10.5 Å². The molecule has 3 heteroatoms. The van der Waals surface area contributed by atoms with Gasteiger partial charge in [0, 0.05) is 5.56 Å². The maximum absolute atomic E-state index is 11.4. The van der Waals surface area contributed by atoms with E-state index in [9.17, 15) is 4.79 Å². The van der Waals surface area contributed by atoms with Gasteiger partial charge in [-0.05, 0) is 49.6 Å². The van der Waals surface area contributed by atoms with Gasteiger partial charge in [0.1, 0.15) is 5.75 Å². The van der Waals surface area contributed by atoms with Crippen LogP contribution in [0.5, 0.6) is 5.75 Å². The van der Waals surface area contributed by atoms with Crippen LogP contribution in [0.3, 0.4) is 0 Å². The number of hydrogen-bond donors (Lipinski definition) is 1. The fraction of sp³-hybridized carbons (Fsp3) is 0.480. The van der Waals surface area contributed by atoms with Crippen molar-refractivity contribution < 1.29 is 9.53 Å². The van der Waals surface area contributed by atoms with Gasteiger partial charge in [0.2, 0.25) is 0 Å². The summed E-state index contributed by atoms with van der Waals surface area (Å²) in [7, 11) is 0. The molecule has 0 amide bonds. The van der Waals surface area contributed by atoms with E-state index < -0.39 is 0 Å². The summed E-state index contributed by atoms with van der Waals surface area (Å²) in [4.78, 5) is 11.4. The van der Waals surface area contributed by atoms with Crippen LogP contribution in [0.15, 0.2) is 48.5 Å². The fourth-order valence-corrected chi connectivity index (χ4v) is 3.31. The molecule has 2 rings (SSSR count). The molecule has 0 aliphatic heterocycles. The molecule has 0 radical (unpaired) electrons. The third-order valence-corrected chi connectivity index (χ3v) is 5.10. The van der Waals surface area contributed by atoms with E-state index in [0.717, 1.165) is 42.0 Å². The van der Waals surface area contributed by atoms with Crippen LogP contribution in [0.4, 0.5) is 0 Å². The monoisotopic (exact) mass is 381 g/mol. The molecule has 0 atom stereocenters. The summed E-state index contributed by atoms with van der Waals surface area (Å²) < 4.78 is 5.86. The zero-order valence-electron chi connectivity index (χ0n) is 17.3. The average Bonchev–Trinajstić information content (AvgIpc) is 2.72. The van der Waals surface area contributed by atoms with E-state index in [1.165, 1.54) is 51.4 Å². The van der Waals surface area contributed by atoms with E-state index in [2.05, 4.69) is 12.1 Å². The second-order valence-electron chi connectivity index (χ2n) is 7.48. The Bertz CT molecular complexity index is 677. The lowest BCUT2D eigenvalue weighted by Crippen LogP contribution is -1.98. The molecule has 2 aromatic carbocycles. The lowest BCUT2D eigenvalue weighted by molar-refractivity contribution is 0.101. The number of carbonyl (C=O) groups excluding carboxylic acids is 1. The number of Topliss-reactive ketones (excluding diaryl/α,β-unsaturated/α-hetero) is 1. The molecule has 0 aliphatic carbocycles. The number of hydrogen-bond acceptors (Lipinski definition) is 3. The first kappa shape index (κ1) is 22.2. The highest BCUT2D eigenvalue weighted by molar-refractivity contribution is 5.94. The first-order valence-electron chi connectivity index (χ1n) is 10.7. The fourth-order valence-electron chi connectivity index (χ4n) is 3.31. The summed E-state index contributed by atoms with van der Waals surface area (Å²) in [6.07, 6.45) is 11.5. The van der Waals surface area contributed by atoms with Crippen molar-refractivity contribution in [1.82, 2.24) is 0 Å². The van der Waals surface area contributed by atoms with E-state index >= 15 is 0 Å².